The highest BCUT2D eigenvalue weighted by molar-refractivity contribution is 5.97. The number of carbonyl (C=O) groups is 1. The van der Waals surface area contributed by atoms with Crippen molar-refractivity contribution in [3.63, 3.8) is 0 Å². The molecule has 0 fully saturated rings. The molecule has 0 aliphatic carbocycles. The van der Waals surface area contributed by atoms with Gasteiger partial charge in [-0.15, -0.1) is 0 Å². The number of benzene rings is 2. The average Bonchev–Trinajstić information content (AvgIpc) is 2.46. The summed E-state index contributed by atoms with van der Waals surface area (Å²) in [6.45, 7) is 6.76. The summed E-state index contributed by atoms with van der Waals surface area (Å²) in [5, 5.41) is 0. The molecule has 0 bridgehead atoms. The van der Waals surface area contributed by atoms with Crippen LogP contribution in [0.3, 0.4) is 0 Å². The van der Waals surface area contributed by atoms with Gasteiger partial charge in [-0.1, -0.05) is 82.8 Å². The maximum Gasteiger partial charge on any atom is 0.167 e. The van der Waals surface area contributed by atoms with E-state index in [-0.39, 0.29) is 13.2 Å². The van der Waals surface area contributed by atoms with Crippen molar-refractivity contribution in [3.8, 4) is 0 Å². The molecule has 0 aliphatic rings. The van der Waals surface area contributed by atoms with Crippen LogP contribution in [0.15, 0.2) is 54.6 Å². The third kappa shape index (κ3) is 5.85. The molecule has 0 radical (unpaired) electrons. The minimum absolute atomic E-state index is 0. The molecule has 1 nitrogen and oxygen atoms in total. The Morgan fingerprint density at radius 1 is 0.864 bits per heavy atom. The summed E-state index contributed by atoms with van der Waals surface area (Å²) in [6.07, 6.45) is 2.70. The molecular formula is C21H28O. The highest BCUT2D eigenvalue weighted by atomic mass is 16.1. The molecule has 0 aromatic heterocycles. The van der Waals surface area contributed by atoms with Crippen molar-refractivity contribution in [2.24, 2.45) is 5.41 Å². The second-order valence-electron chi connectivity index (χ2n) is 6.84. The Morgan fingerprint density at radius 2 is 1.45 bits per heavy atom. The van der Waals surface area contributed by atoms with Crippen LogP contribution in [-0.2, 0) is 12.8 Å². The fraction of sp³-hybridized carbons (Fsp3) is 0.381. The van der Waals surface area contributed by atoms with E-state index in [4.69, 9.17) is 0 Å². The van der Waals surface area contributed by atoms with Gasteiger partial charge in [0.1, 0.15) is 0 Å². The molecule has 1 heteroatoms. The molecule has 2 aromatic rings. The molecule has 2 aromatic carbocycles. The highest BCUT2D eigenvalue weighted by Crippen LogP contribution is 2.21. The van der Waals surface area contributed by atoms with Gasteiger partial charge in [-0.2, -0.15) is 0 Å². The largest absolute Gasteiger partial charge is 0.294 e. The maximum atomic E-state index is 12.2. The zero-order valence-corrected chi connectivity index (χ0v) is 13.2. The minimum atomic E-state index is 0. The number of Topliss-reactive ketones (excluding diaryl/α,β-unsaturated/α-hetero) is 1. The molecule has 0 heterocycles. The van der Waals surface area contributed by atoms with Crippen LogP contribution < -0.4 is 0 Å². The van der Waals surface area contributed by atoms with E-state index in [1.165, 1.54) is 5.56 Å². The Hall–Kier alpha value is -1.89. The van der Waals surface area contributed by atoms with Crippen molar-refractivity contribution < 1.29 is 4.79 Å². The monoisotopic (exact) mass is 296 g/mol. The first-order valence-electron chi connectivity index (χ1n) is 7.60. The summed E-state index contributed by atoms with van der Waals surface area (Å²) in [7, 11) is 0. The Kier molecular flexibility index (Phi) is 6.55. The van der Waals surface area contributed by atoms with Crippen molar-refractivity contribution in [1.29, 1.82) is 0 Å². The summed E-state index contributed by atoms with van der Waals surface area (Å²) >= 11 is 0. The van der Waals surface area contributed by atoms with Crippen LogP contribution in [0.4, 0.5) is 0 Å². The lowest BCUT2D eigenvalue weighted by atomic mass is 9.88. The standard InChI is InChI=1S/C20H24O.CH4/c1-20(2,3)14-13-16-9-11-18(12-10-16)19(21)15-17-7-5-4-6-8-17;/h4-12H,13-15H2,1-3H3;1H4. The fourth-order valence-electron chi connectivity index (χ4n) is 2.26. The Labute approximate surface area is 135 Å². The molecule has 22 heavy (non-hydrogen) atoms. The zero-order chi connectivity index (χ0) is 15.3. The molecule has 118 valence electrons. The summed E-state index contributed by atoms with van der Waals surface area (Å²) in [5.41, 5.74) is 3.53. The summed E-state index contributed by atoms with van der Waals surface area (Å²) in [6, 6.07) is 18.0. The van der Waals surface area contributed by atoms with Gasteiger partial charge in [0.05, 0.1) is 0 Å². The summed E-state index contributed by atoms with van der Waals surface area (Å²) in [5.74, 6) is 0.184. The van der Waals surface area contributed by atoms with E-state index < -0.39 is 0 Å². The molecule has 0 aliphatic heterocycles. The third-order valence-corrected chi connectivity index (χ3v) is 3.65. The molecule has 0 amide bonds. The van der Waals surface area contributed by atoms with Crippen LogP contribution in [0, 0.1) is 5.41 Å². The van der Waals surface area contributed by atoms with Gasteiger partial charge in [-0.3, -0.25) is 4.79 Å². The number of hydrogen-bond donors (Lipinski definition) is 0. The van der Waals surface area contributed by atoms with Crippen molar-refractivity contribution in [3.05, 3.63) is 71.3 Å². The lowest BCUT2D eigenvalue weighted by molar-refractivity contribution is 0.0993. The Balaban J connectivity index is 0.00000242. The number of aryl methyl sites for hydroxylation is 1. The van der Waals surface area contributed by atoms with Gasteiger partial charge in [0.15, 0.2) is 5.78 Å². The van der Waals surface area contributed by atoms with Crippen LogP contribution >= 0.6 is 0 Å². The van der Waals surface area contributed by atoms with Gasteiger partial charge in [-0.25, -0.2) is 0 Å². The Morgan fingerprint density at radius 3 is 2.00 bits per heavy atom. The number of carbonyl (C=O) groups excluding carboxylic acids is 1. The van der Waals surface area contributed by atoms with Gasteiger partial charge < -0.3 is 0 Å². The fourth-order valence-corrected chi connectivity index (χ4v) is 2.26. The van der Waals surface area contributed by atoms with E-state index in [1.54, 1.807) is 0 Å². The molecule has 0 N–H and O–H groups in total. The first-order chi connectivity index (χ1) is 9.94. The number of hydrogen-bond acceptors (Lipinski definition) is 1. The van der Waals surface area contributed by atoms with Gasteiger partial charge >= 0.3 is 0 Å². The molecule has 0 spiro atoms. The first-order valence-corrected chi connectivity index (χ1v) is 7.60. The van der Waals surface area contributed by atoms with Gasteiger partial charge in [0.2, 0.25) is 0 Å². The Bertz CT molecular complexity index is 574. The normalized spacial score (nSPS) is 10.9. The van der Waals surface area contributed by atoms with E-state index in [9.17, 15) is 4.79 Å². The molecule has 0 saturated heterocycles. The van der Waals surface area contributed by atoms with Crippen LogP contribution in [-0.4, -0.2) is 5.78 Å². The molecule has 0 unspecified atom stereocenters. The predicted molar refractivity (Wildman–Crippen MR) is 95.4 cm³/mol. The topological polar surface area (TPSA) is 17.1 Å². The second-order valence-corrected chi connectivity index (χ2v) is 6.84. The molecule has 0 saturated carbocycles. The lowest BCUT2D eigenvalue weighted by Crippen LogP contribution is -2.07. The number of ketones is 1. The van der Waals surface area contributed by atoms with Crippen LogP contribution in [0.2, 0.25) is 0 Å². The summed E-state index contributed by atoms with van der Waals surface area (Å²) < 4.78 is 0. The summed E-state index contributed by atoms with van der Waals surface area (Å²) in [4.78, 5) is 12.2. The van der Waals surface area contributed by atoms with E-state index in [0.717, 1.165) is 24.0 Å². The predicted octanol–water partition coefficient (Wildman–Crippen LogP) is 5.73. The van der Waals surface area contributed by atoms with E-state index in [0.29, 0.717) is 11.8 Å². The second kappa shape index (κ2) is 7.93. The van der Waals surface area contributed by atoms with Crippen LogP contribution in [0.1, 0.15) is 56.1 Å². The average molecular weight is 296 g/mol. The lowest BCUT2D eigenvalue weighted by Gasteiger charge is -2.17. The van der Waals surface area contributed by atoms with Crippen molar-refractivity contribution in [2.75, 3.05) is 0 Å². The van der Waals surface area contributed by atoms with Gasteiger partial charge in [0.25, 0.3) is 0 Å². The minimum Gasteiger partial charge on any atom is -0.294 e. The van der Waals surface area contributed by atoms with Crippen molar-refractivity contribution in [2.45, 2.75) is 47.5 Å². The highest BCUT2D eigenvalue weighted by Gasteiger charge is 2.11. The van der Waals surface area contributed by atoms with E-state index in [2.05, 4.69) is 32.9 Å². The zero-order valence-electron chi connectivity index (χ0n) is 13.2. The molecular weight excluding hydrogens is 268 g/mol. The van der Waals surface area contributed by atoms with Gasteiger partial charge in [-0.05, 0) is 29.4 Å². The smallest absolute Gasteiger partial charge is 0.167 e. The third-order valence-electron chi connectivity index (χ3n) is 3.65. The van der Waals surface area contributed by atoms with Gasteiger partial charge in [0, 0.05) is 12.0 Å². The SMILES string of the molecule is C.CC(C)(C)CCc1ccc(C(=O)Cc2ccccc2)cc1. The van der Waals surface area contributed by atoms with E-state index >= 15 is 0 Å². The first kappa shape index (κ1) is 18.2. The van der Waals surface area contributed by atoms with Crippen LogP contribution in [0.5, 0.6) is 0 Å². The van der Waals surface area contributed by atoms with Crippen LogP contribution in [0.25, 0.3) is 0 Å². The number of rotatable bonds is 5. The van der Waals surface area contributed by atoms with Crippen molar-refractivity contribution in [1.82, 2.24) is 0 Å². The molecule has 2 rings (SSSR count). The quantitative estimate of drug-likeness (QED) is 0.644. The maximum absolute atomic E-state index is 12.2. The van der Waals surface area contributed by atoms with E-state index in [1.807, 2.05) is 42.5 Å². The van der Waals surface area contributed by atoms with Crippen molar-refractivity contribution >= 4 is 5.78 Å². The molecule has 0 atom stereocenters.